The minimum Gasteiger partial charge on any atom is -0.365 e. The van der Waals surface area contributed by atoms with E-state index in [1.165, 1.54) is 22.6 Å². The molecule has 0 unspecified atom stereocenters. The van der Waals surface area contributed by atoms with Crippen molar-refractivity contribution in [2.24, 2.45) is 0 Å². The Morgan fingerprint density at radius 1 is 1.10 bits per heavy atom. The predicted molar refractivity (Wildman–Crippen MR) is 122 cm³/mol. The van der Waals surface area contributed by atoms with Crippen LogP contribution in [0.2, 0.25) is 0 Å². The average molecular weight is 421 g/mol. The predicted octanol–water partition coefficient (Wildman–Crippen LogP) is 5.47. The SMILES string of the molecule is C[C@@H](CNC(=O)c1ccc2c(c1)N(Cc1ccc(F)cc1)CCS2)c1ccccc1. The second-order valence-corrected chi connectivity index (χ2v) is 8.74. The number of amides is 1. The van der Waals surface area contributed by atoms with Gasteiger partial charge < -0.3 is 10.2 Å². The van der Waals surface area contributed by atoms with Crippen LogP contribution in [0.5, 0.6) is 0 Å². The van der Waals surface area contributed by atoms with E-state index >= 15 is 0 Å². The van der Waals surface area contributed by atoms with Gasteiger partial charge in [0.1, 0.15) is 5.82 Å². The summed E-state index contributed by atoms with van der Waals surface area (Å²) in [6.07, 6.45) is 0. The Kier molecular flexibility index (Phi) is 6.38. The lowest BCUT2D eigenvalue weighted by molar-refractivity contribution is 0.0951. The summed E-state index contributed by atoms with van der Waals surface area (Å²) in [7, 11) is 0. The molecule has 4 rings (SSSR count). The minimum atomic E-state index is -0.225. The molecule has 0 spiro atoms. The summed E-state index contributed by atoms with van der Waals surface area (Å²) in [5, 5.41) is 3.07. The molecular formula is C25H25FN2OS. The van der Waals surface area contributed by atoms with Gasteiger partial charge in [-0.05, 0) is 47.4 Å². The van der Waals surface area contributed by atoms with Crippen LogP contribution in [0.25, 0.3) is 0 Å². The maximum Gasteiger partial charge on any atom is 0.251 e. The molecule has 3 nitrogen and oxygen atoms in total. The van der Waals surface area contributed by atoms with Crippen LogP contribution in [0.3, 0.4) is 0 Å². The van der Waals surface area contributed by atoms with Gasteiger partial charge in [-0.15, -0.1) is 11.8 Å². The lowest BCUT2D eigenvalue weighted by atomic mass is 10.0. The van der Waals surface area contributed by atoms with Crippen LogP contribution in [0, 0.1) is 5.82 Å². The first-order valence-corrected chi connectivity index (χ1v) is 11.2. The molecule has 154 valence electrons. The van der Waals surface area contributed by atoms with E-state index in [4.69, 9.17) is 0 Å². The number of benzene rings is 3. The van der Waals surface area contributed by atoms with Crippen LogP contribution in [-0.4, -0.2) is 24.7 Å². The standard InChI is InChI=1S/C25H25FN2OS/c1-18(20-5-3-2-4-6-20)16-27-25(29)21-9-12-24-23(15-21)28(13-14-30-24)17-19-7-10-22(26)11-8-19/h2-12,15,18H,13-14,16-17H2,1H3,(H,27,29)/t18-/m0/s1. The lowest BCUT2D eigenvalue weighted by Crippen LogP contribution is -2.30. The molecule has 0 aromatic heterocycles. The van der Waals surface area contributed by atoms with E-state index in [-0.39, 0.29) is 17.6 Å². The molecule has 0 fully saturated rings. The van der Waals surface area contributed by atoms with Crippen molar-refractivity contribution >= 4 is 23.4 Å². The zero-order valence-electron chi connectivity index (χ0n) is 17.0. The zero-order chi connectivity index (χ0) is 20.9. The Balaban J connectivity index is 1.46. The fourth-order valence-corrected chi connectivity index (χ4v) is 4.67. The number of carbonyl (C=O) groups is 1. The van der Waals surface area contributed by atoms with E-state index in [0.29, 0.717) is 18.7 Å². The quantitative estimate of drug-likeness (QED) is 0.574. The van der Waals surface area contributed by atoms with Crippen LogP contribution in [0.15, 0.2) is 77.7 Å². The number of anilines is 1. The molecule has 0 radical (unpaired) electrons. The summed E-state index contributed by atoms with van der Waals surface area (Å²) in [6.45, 7) is 4.30. The van der Waals surface area contributed by atoms with E-state index in [1.807, 2.05) is 60.3 Å². The Labute approximate surface area is 181 Å². The molecule has 0 saturated carbocycles. The van der Waals surface area contributed by atoms with Crippen LogP contribution in [-0.2, 0) is 6.54 Å². The van der Waals surface area contributed by atoms with Crippen LogP contribution < -0.4 is 10.2 Å². The van der Waals surface area contributed by atoms with Gasteiger partial charge in [0.2, 0.25) is 0 Å². The Morgan fingerprint density at radius 2 is 1.87 bits per heavy atom. The number of hydrogen-bond acceptors (Lipinski definition) is 3. The maximum atomic E-state index is 13.2. The van der Waals surface area contributed by atoms with E-state index in [9.17, 15) is 9.18 Å². The third-order valence-corrected chi connectivity index (χ3v) is 6.45. The first-order valence-electron chi connectivity index (χ1n) is 10.2. The molecule has 5 heteroatoms. The van der Waals surface area contributed by atoms with Crippen LogP contribution in [0.1, 0.15) is 34.3 Å². The second kappa shape index (κ2) is 9.35. The van der Waals surface area contributed by atoms with Crippen molar-refractivity contribution in [1.29, 1.82) is 0 Å². The summed E-state index contributed by atoms with van der Waals surface area (Å²) in [5.41, 5.74) is 4.01. The highest BCUT2D eigenvalue weighted by Gasteiger charge is 2.20. The Hall–Kier alpha value is -2.79. The van der Waals surface area contributed by atoms with Gasteiger partial charge in [-0.1, -0.05) is 49.4 Å². The van der Waals surface area contributed by atoms with E-state index in [0.717, 1.165) is 23.5 Å². The number of carbonyl (C=O) groups excluding carboxylic acids is 1. The van der Waals surface area contributed by atoms with Crippen LogP contribution in [0.4, 0.5) is 10.1 Å². The van der Waals surface area contributed by atoms with Gasteiger partial charge in [0.05, 0.1) is 5.69 Å². The molecule has 1 N–H and O–H groups in total. The number of halogens is 1. The van der Waals surface area contributed by atoms with Gasteiger partial charge >= 0.3 is 0 Å². The molecule has 0 aliphatic carbocycles. The molecule has 1 amide bonds. The first kappa shape index (κ1) is 20.5. The third kappa shape index (κ3) is 4.85. The number of thioether (sulfide) groups is 1. The van der Waals surface area contributed by atoms with Crippen molar-refractivity contribution in [3.8, 4) is 0 Å². The number of rotatable bonds is 6. The van der Waals surface area contributed by atoms with Crippen molar-refractivity contribution < 1.29 is 9.18 Å². The monoisotopic (exact) mass is 420 g/mol. The molecule has 0 bridgehead atoms. The summed E-state index contributed by atoms with van der Waals surface area (Å²) in [4.78, 5) is 16.2. The lowest BCUT2D eigenvalue weighted by Gasteiger charge is -2.31. The number of nitrogens with one attached hydrogen (secondary N) is 1. The second-order valence-electron chi connectivity index (χ2n) is 7.60. The number of nitrogens with zero attached hydrogens (tertiary/aromatic N) is 1. The summed E-state index contributed by atoms with van der Waals surface area (Å²) in [6, 6.07) is 22.7. The van der Waals surface area contributed by atoms with Crippen molar-refractivity contribution in [1.82, 2.24) is 5.32 Å². The van der Waals surface area contributed by atoms with Gasteiger partial charge in [0.25, 0.3) is 5.91 Å². The highest BCUT2D eigenvalue weighted by molar-refractivity contribution is 7.99. The Bertz CT molecular complexity index is 1010. The fourth-order valence-electron chi connectivity index (χ4n) is 3.64. The van der Waals surface area contributed by atoms with Gasteiger partial charge in [0, 0.05) is 35.8 Å². The van der Waals surface area contributed by atoms with Crippen molar-refractivity contribution in [2.75, 3.05) is 23.7 Å². The Morgan fingerprint density at radius 3 is 2.63 bits per heavy atom. The normalized spacial score (nSPS) is 14.1. The van der Waals surface area contributed by atoms with Gasteiger partial charge in [-0.25, -0.2) is 4.39 Å². The smallest absolute Gasteiger partial charge is 0.251 e. The van der Waals surface area contributed by atoms with Gasteiger partial charge in [-0.3, -0.25) is 4.79 Å². The third-order valence-electron chi connectivity index (χ3n) is 5.40. The molecule has 3 aromatic rings. The molecular weight excluding hydrogens is 395 g/mol. The number of fused-ring (bicyclic) bond motifs is 1. The van der Waals surface area contributed by atoms with Crippen molar-refractivity contribution in [3.05, 3.63) is 95.3 Å². The maximum absolute atomic E-state index is 13.2. The number of hydrogen-bond donors (Lipinski definition) is 1. The van der Waals surface area contributed by atoms with E-state index in [1.54, 1.807) is 0 Å². The van der Waals surface area contributed by atoms with Gasteiger partial charge in [0.15, 0.2) is 0 Å². The van der Waals surface area contributed by atoms with E-state index < -0.39 is 0 Å². The highest BCUT2D eigenvalue weighted by Crippen LogP contribution is 2.36. The molecule has 1 aliphatic rings. The van der Waals surface area contributed by atoms with Crippen LogP contribution >= 0.6 is 11.8 Å². The molecule has 0 saturated heterocycles. The minimum absolute atomic E-state index is 0.0575. The highest BCUT2D eigenvalue weighted by atomic mass is 32.2. The van der Waals surface area contributed by atoms with Gasteiger partial charge in [-0.2, -0.15) is 0 Å². The fraction of sp³-hybridized carbons (Fsp3) is 0.240. The van der Waals surface area contributed by atoms with Crippen molar-refractivity contribution in [2.45, 2.75) is 24.3 Å². The summed E-state index contributed by atoms with van der Waals surface area (Å²) >= 11 is 1.81. The molecule has 1 aliphatic heterocycles. The molecule has 1 atom stereocenters. The summed E-state index contributed by atoms with van der Waals surface area (Å²) < 4.78 is 13.2. The first-order chi connectivity index (χ1) is 14.6. The van der Waals surface area contributed by atoms with Crippen molar-refractivity contribution in [3.63, 3.8) is 0 Å². The topological polar surface area (TPSA) is 32.3 Å². The molecule has 3 aromatic carbocycles. The van der Waals surface area contributed by atoms with E-state index in [2.05, 4.69) is 29.3 Å². The average Bonchev–Trinajstić information content (AvgIpc) is 2.79. The zero-order valence-corrected chi connectivity index (χ0v) is 17.8. The summed E-state index contributed by atoms with van der Waals surface area (Å²) in [5.74, 6) is 0.960. The molecule has 1 heterocycles. The largest absolute Gasteiger partial charge is 0.365 e. The molecule has 30 heavy (non-hydrogen) atoms.